The maximum Gasteiger partial charge on any atom is 0.0243 e. The van der Waals surface area contributed by atoms with E-state index in [2.05, 4.69) is 15.9 Å². The molecule has 0 bridgehead atoms. The first-order valence-corrected chi connectivity index (χ1v) is 7.87. The minimum Gasteiger partial charge on any atom is -0.0622 e. The summed E-state index contributed by atoms with van der Waals surface area (Å²) in [6.45, 7) is -5.51. The summed E-state index contributed by atoms with van der Waals surface area (Å²) in [5.41, 5.74) is 1.66. The quantitative estimate of drug-likeness (QED) is 0.472. The second-order valence-corrected chi connectivity index (χ2v) is 6.45. The molecule has 0 saturated heterocycles. The Labute approximate surface area is 148 Å². The Hall–Kier alpha value is -1.86. The third kappa shape index (κ3) is 1.89. The Bertz CT molecular complexity index is 1040. The molecule has 1 heteroatoms. The second-order valence-electron chi connectivity index (χ2n) is 5.53. The van der Waals surface area contributed by atoms with Gasteiger partial charge >= 0.3 is 0 Å². The molecule has 0 nitrogen and oxygen atoms in total. The van der Waals surface area contributed by atoms with Gasteiger partial charge in [-0.15, -0.1) is 0 Å². The van der Waals surface area contributed by atoms with Crippen molar-refractivity contribution in [2.24, 2.45) is 0 Å². The summed E-state index contributed by atoms with van der Waals surface area (Å²) in [4.78, 5) is 0. The molecule has 3 aromatic carbocycles. The Balaban J connectivity index is 2.20. The van der Waals surface area contributed by atoms with E-state index in [4.69, 9.17) is 8.22 Å². The zero-order valence-electron chi connectivity index (χ0n) is 17.7. The zero-order chi connectivity index (χ0) is 20.3. The molecule has 3 aromatic rings. The van der Waals surface area contributed by atoms with Crippen LogP contribution in [0.3, 0.4) is 0 Å². The minimum atomic E-state index is -2.76. The van der Waals surface area contributed by atoms with Crippen molar-refractivity contribution in [3.8, 4) is 22.3 Å². The molecule has 0 unspecified atom stereocenters. The van der Waals surface area contributed by atoms with Crippen LogP contribution < -0.4 is 0 Å². The van der Waals surface area contributed by atoms with E-state index in [1.165, 1.54) is 0 Å². The fourth-order valence-electron chi connectivity index (χ4n) is 3.20. The Morgan fingerprint density at radius 1 is 0.818 bits per heavy atom. The van der Waals surface area contributed by atoms with Crippen molar-refractivity contribution in [1.29, 1.82) is 0 Å². The topological polar surface area (TPSA) is 0 Å². The molecule has 1 aliphatic rings. The number of hydrogen-bond donors (Lipinski definition) is 0. The molecular formula is C21H17Br. The normalized spacial score (nSPS) is 19.7. The van der Waals surface area contributed by atoms with Crippen LogP contribution in [0.2, 0.25) is 0 Å². The van der Waals surface area contributed by atoms with Crippen molar-refractivity contribution in [2.75, 3.05) is 0 Å². The highest BCUT2D eigenvalue weighted by Gasteiger charge is 2.36. The molecule has 0 heterocycles. The zero-order valence-corrected chi connectivity index (χ0v) is 13.3. The van der Waals surface area contributed by atoms with E-state index in [0.29, 0.717) is 26.7 Å². The molecule has 0 amide bonds. The van der Waals surface area contributed by atoms with Crippen molar-refractivity contribution < 1.29 is 8.22 Å². The molecule has 0 aromatic heterocycles. The van der Waals surface area contributed by atoms with E-state index < -0.39 is 19.1 Å². The van der Waals surface area contributed by atoms with Gasteiger partial charge in [0.1, 0.15) is 0 Å². The van der Waals surface area contributed by atoms with Gasteiger partial charge in [0.25, 0.3) is 0 Å². The van der Waals surface area contributed by atoms with Crippen molar-refractivity contribution >= 4 is 15.9 Å². The lowest BCUT2D eigenvalue weighted by molar-refractivity contribution is 0.660. The maximum atomic E-state index is 8.30. The van der Waals surface area contributed by atoms with Crippen LogP contribution >= 0.6 is 15.9 Å². The first kappa shape index (κ1) is 8.69. The molecule has 0 atom stereocenters. The number of halogens is 1. The standard InChI is InChI=1S/C21H17Br/c1-21(2)18-10-6-9-16(14-7-4-3-5-8-14)20(18)17-12-11-15(22)13-19(17)21/h3-13H,1-2H3/i1D3,2D3. The molecule has 0 fully saturated rings. The second kappa shape index (κ2) is 4.82. The Morgan fingerprint density at radius 2 is 1.64 bits per heavy atom. The van der Waals surface area contributed by atoms with Gasteiger partial charge in [-0.3, -0.25) is 0 Å². The molecule has 1 aliphatic carbocycles. The SMILES string of the molecule is [2H]C([2H])([2H])C1(C([2H])([2H])[2H])c2cc(Br)ccc2-c2c(-c3ccccc3)cccc21. The van der Waals surface area contributed by atoms with Crippen LogP contribution in [0.1, 0.15) is 33.1 Å². The number of hydrogen-bond acceptors (Lipinski definition) is 0. The number of benzene rings is 3. The van der Waals surface area contributed by atoms with Crippen molar-refractivity contribution in [2.45, 2.75) is 19.1 Å². The lowest BCUT2D eigenvalue weighted by Crippen LogP contribution is -2.14. The number of rotatable bonds is 1. The smallest absolute Gasteiger partial charge is 0.0243 e. The third-order valence-electron chi connectivity index (χ3n) is 4.21. The van der Waals surface area contributed by atoms with Gasteiger partial charge in [0.2, 0.25) is 0 Å². The van der Waals surface area contributed by atoms with Gasteiger partial charge in [0.15, 0.2) is 0 Å². The van der Waals surface area contributed by atoms with Crippen molar-refractivity contribution in [3.05, 3.63) is 82.3 Å². The van der Waals surface area contributed by atoms with E-state index >= 15 is 0 Å². The van der Waals surface area contributed by atoms with Crippen molar-refractivity contribution in [1.82, 2.24) is 0 Å². The van der Waals surface area contributed by atoms with Crippen molar-refractivity contribution in [3.63, 3.8) is 0 Å². The van der Waals surface area contributed by atoms with E-state index in [1.54, 1.807) is 18.2 Å². The summed E-state index contributed by atoms with van der Waals surface area (Å²) in [5, 5.41) is 0. The molecule has 0 radical (unpaired) electrons. The van der Waals surface area contributed by atoms with Crippen LogP contribution in [-0.4, -0.2) is 0 Å². The van der Waals surface area contributed by atoms with E-state index in [-0.39, 0.29) is 0 Å². The molecule has 108 valence electrons. The van der Waals surface area contributed by atoms with Gasteiger partial charge in [-0.25, -0.2) is 0 Å². The molecule has 0 N–H and O–H groups in total. The van der Waals surface area contributed by atoms with Crippen LogP contribution in [0.4, 0.5) is 0 Å². The van der Waals surface area contributed by atoms with Crippen LogP contribution in [0.5, 0.6) is 0 Å². The van der Waals surface area contributed by atoms with Gasteiger partial charge in [0, 0.05) is 18.1 Å². The highest BCUT2D eigenvalue weighted by Crippen LogP contribution is 2.52. The van der Waals surface area contributed by atoms with Crippen LogP contribution in [-0.2, 0) is 5.41 Å². The lowest BCUT2D eigenvalue weighted by atomic mass is 9.82. The molecule has 22 heavy (non-hydrogen) atoms. The van der Waals surface area contributed by atoms with E-state index in [9.17, 15) is 0 Å². The first-order chi connectivity index (χ1) is 13.1. The summed E-state index contributed by atoms with van der Waals surface area (Å²) in [6, 6.07) is 20.2. The Morgan fingerprint density at radius 3 is 2.41 bits per heavy atom. The fourth-order valence-corrected chi connectivity index (χ4v) is 3.56. The summed E-state index contributed by atoms with van der Waals surface area (Å²) < 4.78 is 50.4. The van der Waals surface area contributed by atoms with E-state index in [1.807, 2.05) is 48.5 Å². The van der Waals surface area contributed by atoms with E-state index in [0.717, 1.165) is 11.1 Å². The molecule has 0 spiro atoms. The summed E-state index contributed by atoms with van der Waals surface area (Å²) in [6.07, 6.45) is 0. The highest BCUT2D eigenvalue weighted by molar-refractivity contribution is 9.10. The van der Waals surface area contributed by atoms with Crippen LogP contribution in [0, 0.1) is 0 Å². The summed E-state index contributed by atoms with van der Waals surface area (Å²) in [7, 11) is 0. The average molecular weight is 355 g/mol. The van der Waals surface area contributed by atoms with Crippen LogP contribution in [0.15, 0.2) is 71.2 Å². The largest absolute Gasteiger partial charge is 0.0622 e. The minimum absolute atomic E-state index is 0.320. The Kier molecular flexibility index (Phi) is 1.90. The first-order valence-electron chi connectivity index (χ1n) is 10.1. The molecular weight excluding hydrogens is 332 g/mol. The van der Waals surface area contributed by atoms with Gasteiger partial charge in [-0.2, -0.15) is 0 Å². The van der Waals surface area contributed by atoms with Crippen LogP contribution in [0.25, 0.3) is 22.3 Å². The van der Waals surface area contributed by atoms with Gasteiger partial charge < -0.3 is 0 Å². The summed E-state index contributed by atoms with van der Waals surface area (Å²) >= 11 is 3.39. The summed E-state index contributed by atoms with van der Waals surface area (Å²) in [5.74, 6) is 0. The monoisotopic (exact) mass is 354 g/mol. The van der Waals surface area contributed by atoms with Gasteiger partial charge in [-0.05, 0) is 45.5 Å². The van der Waals surface area contributed by atoms with Gasteiger partial charge in [0.05, 0.1) is 0 Å². The lowest BCUT2D eigenvalue weighted by Gasteiger charge is -2.21. The molecule has 0 aliphatic heterocycles. The fraction of sp³-hybridized carbons (Fsp3) is 0.143. The molecule has 4 rings (SSSR count). The highest BCUT2D eigenvalue weighted by atomic mass is 79.9. The average Bonchev–Trinajstić information content (AvgIpc) is 2.92. The third-order valence-corrected chi connectivity index (χ3v) is 4.70. The predicted octanol–water partition coefficient (Wildman–Crippen LogP) is 6.42. The maximum absolute atomic E-state index is 8.30. The van der Waals surface area contributed by atoms with Gasteiger partial charge in [-0.1, -0.05) is 84.2 Å². The predicted molar refractivity (Wildman–Crippen MR) is 97.1 cm³/mol. The number of fused-ring (bicyclic) bond motifs is 3. The molecule has 0 saturated carbocycles.